The Morgan fingerprint density at radius 2 is 1.96 bits per heavy atom. The van der Waals surface area contributed by atoms with E-state index in [1.165, 1.54) is 11.8 Å². The van der Waals surface area contributed by atoms with Gasteiger partial charge in [0.05, 0.1) is 17.5 Å². The molecule has 160 valence electrons. The van der Waals surface area contributed by atoms with Gasteiger partial charge in [0.2, 0.25) is 5.91 Å². The number of halogens is 2. The molecule has 0 saturated carbocycles. The van der Waals surface area contributed by atoms with Crippen molar-refractivity contribution < 1.29 is 24.9 Å². The summed E-state index contributed by atoms with van der Waals surface area (Å²) in [6, 6.07) is -0.935. The fourth-order valence-electron chi connectivity index (χ4n) is 3.79. The lowest BCUT2D eigenvalue weighted by atomic mass is 9.92. The lowest BCUT2D eigenvalue weighted by molar-refractivity contribution is -0.205. The van der Waals surface area contributed by atoms with Crippen molar-refractivity contribution in [1.82, 2.24) is 10.2 Å². The minimum Gasteiger partial charge on any atom is -0.388 e. The van der Waals surface area contributed by atoms with Crippen LogP contribution < -0.4 is 5.32 Å². The fraction of sp³-hybridized carbons (Fsp3) is 0.941. The fourth-order valence-corrected chi connectivity index (χ4v) is 4.68. The smallest absolute Gasteiger partial charge is 0.237 e. The number of likely N-dealkylation sites (N-methyl/N-ethyl adjacent to an activating group) is 1. The summed E-state index contributed by atoms with van der Waals surface area (Å²) in [6.07, 6.45) is -1.27. The molecule has 0 aromatic carbocycles. The number of alkyl halides is 1. The Hall–Kier alpha value is 0.200. The van der Waals surface area contributed by atoms with E-state index >= 15 is 0 Å². The van der Waals surface area contributed by atoms with E-state index in [9.17, 15) is 20.1 Å². The molecule has 2 rings (SSSR count). The van der Waals surface area contributed by atoms with E-state index < -0.39 is 41.3 Å². The topological polar surface area (TPSA) is 102 Å². The molecule has 9 atom stereocenters. The van der Waals surface area contributed by atoms with Gasteiger partial charge in [-0.3, -0.25) is 9.69 Å². The molecule has 2 saturated heterocycles. The van der Waals surface area contributed by atoms with Gasteiger partial charge >= 0.3 is 0 Å². The third-order valence-corrected chi connectivity index (χ3v) is 6.64. The second-order valence-electron chi connectivity index (χ2n) is 7.35. The number of carbonyl (C=O) groups excluding carboxylic acids is 1. The lowest BCUT2D eigenvalue weighted by Gasteiger charge is -2.44. The largest absolute Gasteiger partial charge is 0.388 e. The molecular formula is C17H32Cl2N2O5S. The third-order valence-electron chi connectivity index (χ3n) is 5.51. The van der Waals surface area contributed by atoms with Gasteiger partial charge in [-0.05, 0) is 32.6 Å². The monoisotopic (exact) mass is 446 g/mol. The molecule has 7 nitrogen and oxygen atoms in total. The number of thioether (sulfide) groups is 1. The molecule has 0 spiro atoms. The maximum Gasteiger partial charge on any atom is 0.237 e. The number of rotatable bonds is 6. The summed E-state index contributed by atoms with van der Waals surface area (Å²) < 4.78 is 5.78. The van der Waals surface area contributed by atoms with Crippen molar-refractivity contribution in [1.29, 1.82) is 0 Å². The van der Waals surface area contributed by atoms with Crippen molar-refractivity contribution in [2.24, 2.45) is 5.92 Å². The van der Waals surface area contributed by atoms with E-state index in [1.807, 2.05) is 11.9 Å². The number of likely N-dealkylation sites (tertiary alicyclic amines) is 1. The molecule has 0 aliphatic carbocycles. The zero-order valence-corrected chi connectivity index (χ0v) is 18.5. The quantitative estimate of drug-likeness (QED) is 0.438. The van der Waals surface area contributed by atoms with Crippen molar-refractivity contribution in [2.45, 2.75) is 74.0 Å². The van der Waals surface area contributed by atoms with Crippen LogP contribution in [-0.2, 0) is 9.53 Å². The predicted molar refractivity (Wildman–Crippen MR) is 110 cm³/mol. The Labute approximate surface area is 176 Å². The van der Waals surface area contributed by atoms with Crippen molar-refractivity contribution in [3.8, 4) is 0 Å². The van der Waals surface area contributed by atoms with Gasteiger partial charge in [0, 0.05) is 6.54 Å². The first-order valence-corrected chi connectivity index (χ1v) is 10.8. The number of aliphatic hydroxyl groups is 3. The van der Waals surface area contributed by atoms with Crippen molar-refractivity contribution >= 4 is 41.7 Å². The molecule has 0 radical (unpaired) electrons. The van der Waals surface area contributed by atoms with Crippen LogP contribution in [-0.4, -0.2) is 93.3 Å². The molecule has 0 bridgehead atoms. The van der Waals surface area contributed by atoms with Crippen LogP contribution in [0, 0.1) is 5.92 Å². The van der Waals surface area contributed by atoms with Gasteiger partial charge in [0.15, 0.2) is 0 Å². The van der Waals surface area contributed by atoms with Crippen molar-refractivity contribution in [3.05, 3.63) is 0 Å². The highest BCUT2D eigenvalue weighted by atomic mass is 35.5. The Bertz CT molecular complexity index is 488. The van der Waals surface area contributed by atoms with E-state index in [0.29, 0.717) is 5.92 Å². The Morgan fingerprint density at radius 1 is 1.33 bits per heavy atom. The normalized spacial score (nSPS) is 39.5. The molecule has 2 aliphatic heterocycles. The van der Waals surface area contributed by atoms with Gasteiger partial charge in [-0.2, -0.15) is 0 Å². The summed E-state index contributed by atoms with van der Waals surface area (Å²) >= 11 is 7.52. The zero-order valence-electron chi connectivity index (χ0n) is 16.1. The van der Waals surface area contributed by atoms with Gasteiger partial charge in [-0.15, -0.1) is 35.8 Å². The van der Waals surface area contributed by atoms with Crippen LogP contribution in [0.1, 0.15) is 26.7 Å². The molecule has 1 unspecified atom stereocenters. The SMILES string of the molecule is CC[C@@H]1C[C@@H](C(=O)N[C@@H](C2O[C@H](SC)[C@H](O)[C@@H](O)[C@H]2O)[C@H](C)Cl)N(C)C1.Cl. The lowest BCUT2D eigenvalue weighted by Crippen LogP contribution is -2.65. The standard InChI is InChI=1S/C17H31ClN2O5S.ClH/c1-5-9-6-10(20(3)7-9)16(24)19-11(8(2)18)15-13(22)12(21)14(23)17(25-15)26-4;/h8-15,17,21-23H,5-7H2,1-4H3,(H,19,24);1H/t8-,9+,10-,11+,12-,13+,14+,15?,17+;/m0./s1. The number of aliphatic hydroxyl groups excluding tert-OH is 3. The van der Waals surface area contributed by atoms with Crippen molar-refractivity contribution in [2.75, 3.05) is 19.8 Å². The van der Waals surface area contributed by atoms with Gasteiger partial charge in [0.1, 0.15) is 29.9 Å². The average molecular weight is 447 g/mol. The number of nitrogens with zero attached hydrogens (tertiary/aromatic N) is 1. The Kier molecular flexibility index (Phi) is 10.1. The number of ether oxygens (including phenoxy) is 1. The van der Waals surface area contributed by atoms with Crippen LogP contribution in [0.4, 0.5) is 0 Å². The summed E-state index contributed by atoms with van der Waals surface area (Å²) in [5.74, 6) is 0.329. The number of hydrogen-bond donors (Lipinski definition) is 4. The zero-order chi connectivity index (χ0) is 19.6. The molecule has 0 aromatic rings. The highest BCUT2D eigenvalue weighted by Gasteiger charge is 2.48. The maximum atomic E-state index is 12.8. The molecule has 4 N–H and O–H groups in total. The van der Waals surface area contributed by atoms with Gasteiger partial charge in [0.25, 0.3) is 0 Å². The van der Waals surface area contributed by atoms with Crippen LogP contribution in [0.2, 0.25) is 0 Å². The second kappa shape index (κ2) is 10.8. The van der Waals surface area contributed by atoms with E-state index in [4.69, 9.17) is 16.3 Å². The molecule has 2 heterocycles. The van der Waals surface area contributed by atoms with Crippen molar-refractivity contribution in [3.63, 3.8) is 0 Å². The summed E-state index contributed by atoms with van der Waals surface area (Å²) in [5, 5.41) is 32.9. The minimum absolute atomic E-state index is 0. The predicted octanol–water partition coefficient (Wildman–Crippen LogP) is 0.421. The van der Waals surface area contributed by atoms with Gasteiger partial charge in [-0.25, -0.2) is 0 Å². The van der Waals surface area contributed by atoms with Gasteiger partial charge < -0.3 is 25.4 Å². The first-order chi connectivity index (χ1) is 12.2. The van der Waals surface area contributed by atoms with E-state index in [1.54, 1.807) is 13.2 Å². The van der Waals surface area contributed by atoms with Crippen LogP contribution in [0.5, 0.6) is 0 Å². The summed E-state index contributed by atoms with van der Waals surface area (Å²) in [6.45, 7) is 4.70. The van der Waals surface area contributed by atoms with Crippen LogP contribution in [0.25, 0.3) is 0 Å². The van der Waals surface area contributed by atoms with Crippen LogP contribution in [0.15, 0.2) is 0 Å². The third kappa shape index (κ3) is 5.63. The maximum absolute atomic E-state index is 12.8. The van der Waals surface area contributed by atoms with Crippen LogP contribution in [0.3, 0.4) is 0 Å². The molecule has 0 aromatic heterocycles. The molecule has 10 heteroatoms. The number of amides is 1. The molecule has 27 heavy (non-hydrogen) atoms. The first-order valence-electron chi connectivity index (χ1n) is 9.08. The highest BCUT2D eigenvalue weighted by Crippen LogP contribution is 2.31. The highest BCUT2D eigenvalue weighted by molar-refractivity contribution is 7.99. The van der Waals surface area contributed by atoms with Crippen LogP contribution >= 0.6 is 35.8 Å². The van der Waals surface area contributed by atoms with E-state index in [0.717, 1.165) is 19.4 Å². The Morgan fingerprint density at radius 3 is 2.44 bits per heavy atom. The number of hydrogen-bond acceptors (Lipinski definition) is 7. The second-order valence-corrected chi connectivity index (χ2v) is 8.98. The summed E-state index contributed by atoms with van der Waals surface area (Å²) in [4.78, 5) is 14.8. The average Bonchev–Trinajstić information content (AvgIpc) is 2.99. The Balaban J connectivity index is 0.00000364. The molecule has 2 aliphatic rings. The van der Waals surface area contributed by atoms with E-state index in [-0.39, 0.29) is 24.4 Å². The molecular weight excluding hydrogens is 415 g/mol. The minimum atomic E-state index is -1.36. The van der Waals surface area contributed by atoms with E-state index in [2.05, 4.69) is 12.2 Å². The summed E-state index contributed by atoms with van der Waals surface area (Å²) in [7, 11) is 1.93. The van der Waals surface area contributed by atoms with Gasteiger partial charge in [-0.1, -0.05) is 13.3 Å². The number of carbonyl (C=O) groups is 1. The molecule has 1 amide bonds. The first kappa shape index (κ1) is 25.2. The summed E-state index contributed by atoms with van der Waals surface area (Å²) in [5.41, 5.74) is -0.702. The number of nitrogens with one attached hydrogen (secondary N) is 1. The molecule has 2 fully saturated rings.